The minimum absolute atomic E-state index is 0.105. The second-order valence-corrected chi connectivity index (χ2v) is 4.57. The molecule has 1 unspecified atom stereocenters. The molecule has 18 heavy (non-hydrogen) atoms. The Morgan fingerprint density at radius 2 is 2.11 bits per heavy atom. The molecule has 1 atom stereocenters. The van der Waals surface area contributed by atoms with Crippen molar-refractivity contribution in [3.63, 3.8) is 0 Å². The van der Waals surface area contributed by atoms with Crippen LogP contribution >= 0.6 is 0 Å². The molecule has 0 saturated carbocycles. The summed E-state index contributed by atoms with van der Waals surface area (Å²) in [5, 5.41) is 2.57. The van der Waals surface area contributed by atoms with Crippen LogP contribution in [0.4, 0.5) is 13.2 Å². The molecule has 1 aromatic rings. The Labute approximate surface area is 104 Å². The minimum Gasteiger partial charge on any atom is -0.497 e. The van der Waals surface area contributed by atoms with Crippen molar-refractivity contribution < 1.29 is 17.9 Å². The van der Waals surface area contributed by atoms with Crippen LogP contribution in [0.1, 0.15) is 17.5 Å². The van der Waals surface area contributed by atoms with Gasteiger partial charge in [0, 0.05) is 6.04 Å². The van der Waals surface area contributed by atoms with Crippen LogP contribution in [0.5, 0.6) is 5.75 Å². The summed E-state index contributed by atoms with van der Waals surface area (Å²) in [5.74, 6) is 0.755. The third-order valence-corrected chi connectivity index (χ3v) is 3.23. The van der Waals surface area contributed by atoms with Crippen molar-refractivity contribution in [3.8, 4) is 5.75 Å². The Kier molecular flexibility index (Phi) is 3.80. The van der Waals surface area contributed by atoms with Crippen LogP contribution in [0.25, 0.3) is 0 Å². The smallest absolute Gasteiger partial charge is 0.401 e. The van der Waals surface area contributed by atoms with Gasteiger partial charge >= 0.3 is 6.18 Å². The van der Waals surface area contributed by atoms with E-state index in [4.69, 9.17) is 4.74 Å². The highest BCUT2D eigenvalue weighted by atomic mass is 19.4. The van der Waals surface area contributed by atoms with Crippen molar-refractivity contribution in [2.24, 2.45) is 0 Å². The molecule has 0 fully saturated rings. The lowest BCUT2D eigenvalue weighted by molar-refractivity contribution is -0.126. The maximum Gasteiger partial charge on any atom is 0.401 e. The number of benzene rings is 1. The van der Waals surface area contributed by atoms with Crippen LogP contribution in [-0.4, -0.2) is 25.9 Å². The summed E-state index contributed by atoms with van der Waals surface area (Å²) in [6.45, 7) is -0.920. The first kappa shape index (κ1) is 13.2. The van der Waals surface area contributed by atoms with Gasteiger partial charge in [-0.05, 0) is 42.5 Å². The molecule has 0 saturated heterocycles. The Balaban J connectivity index is 2.00. The summed E-state index contributed by atoms with van der Waals surface area (Å²) in [4.78, 5) is 0. The van der Waals surface area contributed by atoms with Crippen molar-refractivity contribution in [2.45, 2.75) is 31.5 Å². The van der Waals surface area contributed by atoms with Gasteiger partial charge in [-0.3, -0.25) is 0 Å². The first-order chi connectivity index (χ1) is 8.48. The monoisotopic (exact) mass is 259 g/mol. The molecule has 0 amide bonds. The van der Waals surface area contributed by atoms with Gasteiger partial charge in [-0.15, -0.1) is 0 Å². The lowest BCUT2D eigenvalue weighted by Gasteiger charge is -2.26. The molecule has 5 heteroatoms. The largest absolute Gasteiger partial charge is 0.497 e. The van der Waals surface area contributed by atoms with E-state index in [9.17, 15) is 13.2 Å². The number of alkyl halides is 3. The third-order valence-electron chi connectivity index (χ3n) is 3.23. The van der Waals surface area contributed by atoms with Crippen LogP contribution < -0.4 is 10.1 Å². The van der Waals surface area contributed by atoms with Gasteiger partial charge in [0.1, 0.15) is 5.75 Å². The average molecular weight is 259 g/mol. The van der Waals surface area contributed by atoms with Gasteiger partial charge < -0.3 is 10.1 Å². The van der Waals surface area contributed by atoms with Crippen LogP contribution in [0.3, 0.4) is 0 Å². The van der Waals surface area contributed by atoms with Crippen molar-refractivity contribution in [2.75, 3.05) is 13.7 Å². The molecule has 0 spiro atoms. The number of aryl methyl sites for hydroxylation is 1. The van der Waals surface area contributed by atoms with E-state index >= 15 is 0 Å². The molecule has 2 nitrogen and oxygen atoms in total. The van der Waals surface area contributed by atoms with E-state index in [1.54, 1.807) is 7.11 Å². The molecule has 2 rings (SSSR count). The van der Waals surface area contributed by atoms with Crippen molar-refractivity contribution in [1.82, 2.24) is 5.32 Å². The topological polar surface area (TPSA) is 21.3 Å². The highest BCUT2D eigenvalue weighted by molar-refractivity contribution is 5.37. The van der Waals surface area contributed by atoms with Crippen LogP contribution in [0.2, 0.25) is 0 Å². The van der Waals surface area contributed by atoms with E-state index in [2.05, 4.69) is 5.32 Å². The van der Waals surface area contributed by atoms with E-state index < -0.39 is 12.7 Å². The summed E-state index contributed by atoms with van der Waals surface area (Å²) in [5.41, 5.74) is 2.29. The summed E-state index contributed by atoms with van der Waals surface area (Å²) in [7, 11) is 1.59. The Morgan fingerprint density at radius 1 is 1.33 bits per heavy atom. The maximum atomic E-state index is 12.1. The van der Waals surface area contributed by atoms with Crippen LogP contribution in [0.15, 0.2) is 18.2 Å². The number of fused-ring (bicyclic) bond motifs is 1. The normalized spacial score (nSPS) is 19.4. The van der Waals surface area contributed by atoms with Gasteiger partial charge in [0.2, 0.25) is 0 Å². The first-order valence-electron chi connectivity index (χ1n) is 5.94. The van der Waals surface area contributed by atoms with Gasteiger partial charge in [0.05, 0.1) is 13.7 Å². The molecule has 1 aliphatic carbocycles. The Morgan fingerprint density at radius 3 is 2.78 bits per heavy atom. The zero-order valence-corrected chi connectivity index (χ0v) is 10.2. The third kappa shape index (κ3) is 3.38. The summed E-state index contributed by atoms with van der Waals surface area (Å²) < 4.78 is 41.6. The van der Waals surface area contributed by atoms with E-state index in [0.29, 0.717) is 6.42 Å². The van der Waals surface area contributed by atoms with E-state index in [-0.39, 0.29) is 6.04 Å². The minimum atomic E-state index is -4.14. The number of methoxy groups -OCH3 is 1. The standard InChI is InChI=1S/C13H16F3NO/c1-18-12-5-3-9-2-4-11(6-10(9)7-12)17-8-13(14,15)16/h3,5,7,11,17H,2,4,6,8H2,1H3. The van der Waals surface area contributed by atoms with E-state index in [0.717, 1.165) is 24.2 Å². The number of hydrogen-bond acceptors (Lipinski definition) is 2. The zero-order chi connectivity index (χ0) is 13.2. The molecular formula is C13H16F3NO. The molecule has 100 valence electrons. The second kappa shape index (κ2) is 5.18. The second-order valence-electron chi connectivity index (χ2n) is 4.57. The van der Waals surface area contributed by atoms with E-state index in [1.165, 1.54) is 5.56 Å². The quantitative estimate of drug-likeness (QED) is 0.901. The average Bonchev–Trinajstić information content (AvgIpc) is 2.34. The molecule has 0 bridgehead atoms. The number of ether oxygens (including phenoxy) is 1. The van der Waals surface area contributed by atoms with E-state index in [1.807, 2.05) is 18.2 Å². The SMILES string of the molecule is COc1ccc2c(c1)CC(NCC(F)(F)F)CC2. The molecule has 0 radical (unpaired) electrons. The van der Waals surface area contributed by atoms with Crippen molar-refractivity contribution in [1.29, 1.82) is 0 Å². The van der Waals surface area contributed by atoms with Crippen LogP contribution in [-0.2, 0) is 12.8 Å². The molecule has 0 aliphatic heterocycles. The number of hydrogen-bond donors (Lipinski definition) is 1. The predicted molar refractivity (Wildman–Crippen MR) is 62.9 cm³/mol. The van der Waals surface area contributed by atoms with Gasteiger partial charge in [0.15, 0.2) is 0 Å². The molecule has 0 aromatic heterocycles. The first-order valence-corrected chi connectivity index (χ1v) is 5.94. The lowest BCUT2D eigenvalue weighted by atomic mass is 9.88. The summed E-state index contributed by atoms with van der Waals surface area (Å²) in [6, 6.07) is 5.69. The zero-order valence-electron chi connectivity index (χ0n) is 10.2. The van der Waals surface area contributed by atoms with Crippen molar-refractivity contribution in [3.05, 3.63) is 29.3 Å². The van der Waals surface area contributed by atoms with Crippen molar-refractivity contribution >= 4 is 0 Å². The van der Waals surface area contributed by atoms with Gasteiger partial charge in [-0.2, -0.15) is 13.2 Å². The van der Waals surface area contributed by atoms with Gasteiger partial charge in [-0.25, -0.2) is 0 Å². The van der Waals surface area contributed by atoms with Gasteiger partial charge in [0.25, 0.3) is 0 Å². The van der Waals surface area contributed by atoms with Gasteiger partial charge in [-0.1, -0.05) is 6.07 Å². The maximum absolute atomic E-state index is 12.1. The Bertz CT molecular complexity index is 417. The fourth-order valence-corrected chi connectivity index (χ4v) is 2.29. The fourth-order valence-electron chi connectivity index (χ4n) is 2.29. The molecule has 0 heterocycles. The van der Waals surface area contributed by atoms with Crippen LogP contribution in [0, 0.1) is 0 Å². The molecule has 1 aromatic carbocycles. The fraction of sp³-hybridized carbons (Fsp3) is 0.538. The summed E-state index contributed by atoms with van der Waals surface area (Å²) >= 11 is 0. The highest BCUT2D eigenvalue weighted by Crippen LogP contribution is 2.26. The number of nitrogens with one attached hydrogen (secondary N) is 1. The number of rotatable bonds is 3. The molecular weight excluding hydrogens is 243 g/mol. The Hall–Kier alpha value is -1.23. The molecule has 1 aliphatic rings. The predicted octanol–water partition coefficient (Wildman–Crippen LogP) is 2.70. The number of halogens is 3. The lowest BCUT2D eigenvalue weighted by Crippen LogP contribution is -2.40. The summed E-state index contributed by atoms with van der Waals surface area (Å²) in [6.07, 6.45) is -1.96. The highest BCUT2D eigenvalue weighted by Gasteiger charge is 2.29. The molecule has 1 N–H and O–H groups in total.